The minimum Gasteiger partial charge on any atom is -0.355 e. The second-order valence-electron chi connectivity index (χ2n) is 10.1. The van der Waals surface area contributed by atoms with Gasteiger partial charge in [-0.15, -0.1) is 0 Å². The Morgan fingerprint density at radius 1 is 1.08 bits per heavy atom. The van der Waals surface area contributed by atoms with Crippen molar-refractivity contribution in [2.24, 2.45) is 5.92 Å². The molecule has 8 nitrogen and oxygen atoms in total. The van der Waals surface area contributed by atoms with Crippen molar-refractivity contribution >= 4 is 43.5 Å². The molecular weight excluding hydrogens is 544 g/mol. The molecule has 4 rings (SSSR count). The Labute approximate surface area is 223 Å². The Morgan fingerprint density at radius 2 is 1.89 bits per heavy atom. The SMILES string of the molecule is CCC(=O)N1CCc2cc(Br)c(S(=O)(=O)N3CCC[C@@H](C(=O)NCCN4CCCC[C@H]4CC)C3)cc21. The van der Waals surface area contributed by atoms with E-state index in [1.165, 1.54) is 23.6 Å². The summed E-state index contributed by atoms with van der Waals surface area (Å²) in [4.78, 5) is 29.7. The highest BCUT2D eigenvalue weighted by Gasteiger charge is 2.36. The highest BCUT2D eigenvalue weighted by molar-refractivity contribution is 9.10. The van der Waals surface area contributed by atoms with Gasteiger partial charge >= 0.3 is 0 Å². The van der Waals surface area contributed by atoms with Crippen LogP contribution in [0.25, 0.3) is 0 Å². The van der Waals surface area contributed by atoms with Crippen LogP contribution in [0.3, 0.4) is 0 Å². The number of carbonyl (C=O) groups is 2. The monoisotopic (exact) mass is 582 g/mol. The predicted molar refractivity (Wildman–Crippen MR) is 144 cm³/mol. The molecule has 10 heteroatoms. The van der Waals surface area contributed by atoms with E-state index in [0.717, 1.165) is 25.1 Å². The van der Waals surface area contributed by atoms with E-state index in [9.17, 15) is 18.0 Å². The molecule has 200 valence electrons. The van der Waals surface area contributed by atoms with Gasteiger partial charge in [-0.1, -0.05) is 20.3 Å². The van der Waals surface area contributed by atoms with E-state index in [4.69, 9.17) is 0 Å². The Hall–Kier alpha value is -1.49. The molecule has 2 atom stereocenters. The standard InChI is InChI=1S/C26H39BrN4O4S/c1-3-21-9-5-6-12-29(21)15-11-28-26(33)20-8-7-13-30(18-20)36(34,35)24-17-23-19(16-22(24)27)10-14-31(23)25(32)4-2/h16-17,20-21H,3-15,18H2,1-2H3,(H,28,33)/t20-,21-/m1/s1. The fraction of sp³-hybridized carbons (Fsp3) is 0.692. The van der Waals surface area contributed by atoms with Gasteiger partial charge in [-0.2, -0.15) is 4.31 Å². The molecule has 36 heavy (non-hydrogen) atoms. The molecule has 3 aliphatic rings. The summed E-state index contributed by atoms with van der Waals surface area (Å²) in [5.41, 5.74) is 1.65. The van der Waals surface area contributed by atoms with Crippen LogP contribution in [-0.4, -0.2) is 74.7 Å². The third kappa shape index (κ3) is 5.81. The summed E-state index contributed by atoms with van der Waals surface area (Å²) in [6.07, 6.45) is 7.26. The number of benzene rings is 1. The number of hydrogen-bond donors (Lipinski definition) is 1. The molecule has 0 aliphatic carbocycles. The number of halogens is 1. The van der Waals surface area contributed by atoms with Crippen LogP contribution < -0.4 is 10.2 Å². The van der Waals surface area contributed by atoms with Crippen molar-refractivity contribution < 1.29 is 18.0 Å². The second kappa shape index (κ2) is 11.9. The molecule has 2 saturated heterocycles. The Bertz CT molecular complexity index is 1080. The van der Waals surface area contributed by atoms with Crippen molar-refractivity contribution in [2.75, 3.05) is 44.2 Å². The number of amides is 2. The number of sulfonamides is 1. The van der Waals surface area contributed by atoms with Crippen LogP contribution in [0, 0.1) is 5.92 Å². The highest BCUT2D eigenvalue weighted by Crippen LogP contribution is 2.37. The van der Waals surface area contributed by atoms with E-state index in [1.807, 2.05) is 13.0 Å². The van der Waals surface area contributed by atoms with Crippen LogP contribution in [0.1, 0.15) is 64.4 Å². The minimum atomic E-state index is -3.82. The van der Waals surface area contributed by atoms with Crippen molar-refractivity contribution in [1.29, 1.82) is 0 Å². The molecule has 0 saturated carbocycles. The Morgan fingerprint density at radius 3 is 2.64 bits per heavy atom. The lowest BCUT2D eigenvalue weighted by molar-refractivity contribution is -0.126. The fourth-order valence-corrected chi connectivity index (χ4v) is 8.43. The molecule has 2 amide bonds. The molecule has 0 spiro atoms. The van der Waals surface area contributed by atoms with Crippen molar-refractivity contribution in [3.8, 4) is 0 Å². The summed E-state index contributed by atoms with van der Waals surface area (Å²) in [6, 6.07) is 4.05. The second-order valence-corrected chi connectivity index (χ2v) is 12.9. The molecule has 0 radical (unpaired) electrons. The van der Waals surface area contributed by atoms with Crippen LogP contribution in [0.5, 0.6) is 0 Å². The summed E-state index contributed by atoms with van der Waals surface area (Å²) >= 11 is 3.46. The molecule has 1 aromatic rings. The van der Waals surface area contributed by atoms with Gasteiger partial charge in [-0.3, -0.25) is 14.5 Å². The zero-order valence-corrected chi connectivity index (χ0v) is 23.9. The molecule has 1 N–H and O–H groups in total. The number of nitrogens with one attached hydrogen (secondary N) is 1. The number of nitrogens with zero attached hydrogens (tertiary/aromatic N) is 3. The third-order valence-electron chi connectivity index (χ3n) is 7.92. The number of anilines is 1. The van der Waals surface area contributed by atoms with Gasteiger partial charge < -0.3 is 10.2 Å². The van der Waals surface area contributed by atoms with Gasteiger partial charge in [-0.25, -0.2) is 8.42 Å². The number of hydrogen-bond acceptors (Lipinski definition) is 5. The maximum atomic E-state index is 13.7. The zero-order chi connectivity index (χ0) is 25.9. The van der Waals surface area contributed by atoms with Gasteiger partial charge in [0, 0.05) is 55.3 Å². The topological polar surface area (TPSA) is 90.0 Å². The van der Waals surface area contributed by atoms with Gasteiger partial charge in [0.2, 0.25) is 21.8 Å². The quantitative estimate of drug-likeness (QED) is 0.506. The summed E-state index contributed by atoms with van der Waals surface area (Å²) < 4.78 is 29.3. The smallest absolute Gasteiger partial charge is 0.244 e. The van der Waals surface area contributed by atoms with Crippen LogP contribution in [0.15, 0.2) is 21.5 Å². The average molecular weight is 584 g/mol. The van der Waals surface area contributed by atoms with E-state index >= 15 is 0 Å². The maximum absolute atomic E-state index is 13.7. The first-order valence-electron chi connectivity index (χ1n) is 13.4. The first-order valence-corrected chi connectivity index (χ1v) is 15.6. The summed E-state index contributed by atoms with van der Waals surface area (Å²) in [6.45, 7) is 7.68. The van der Waals surface area contributed by atoms with E-state index in [0.29, 0.717) is 61.5 Å². The lowest BCUT2D eigenvalue weighted by Crippen LogP contribution is -2.48. The Balaban J connectivity index is 1.41. The van der Waals surface area contributed by atoms with Gasteiger partial charge in [0.25, 0.3) is 0 Å². The van der Waals surface area contributed by atoms with Crippen LogP contribution in [0.2, 0.25) is 0 Å². The van der Waals surface area contributed by atoms with Crippen LogP contribution in [-0.2, 0) is 26.0 Å². The molecule has 1 aromatic carbocycles. The fourth-order valence-electron chi connectivity index (χ4n) is 5.83. The molecular formula is C26H39BrN4O4S. The van der Waals surface area contributed by atoms with Crippen LogP contribution >= 0.6 is 15.9 Å². The maximum Gasteiger partial charge on any atom is 0.244 e. The number of fused-ring (bicyclic) bond motifs is 1. The number of piperidine rings is 2. The molecule has 0 bridgehead atoms. The first-order chi connectivity index (χ1) is 17.3. The molecule has 0 aromatic heterocycles. The lowest BCUT2D eigenvalue weighted by Gasteiger charge is -2.35. The van der Waals surface area contributed by atoms with Crippen molar-refractivity contribution in [1.82, 2.24) is 14.5 Å². The zero-order valence-electron chi connectivity index (χ0n) is 21.5. The van der Waals surface area contributed by atoms with E-state index in [-0.39, 0.29) is 29.2 Å². The predicted octanol–water partition coefficient (Wildman–Crippen LogP) is 3.53. The van der Waals surface area contributed by atoms with Gasteiger partial charge in [-0.05, 0) is 78.7 Å². The first kappa shape index (κ1) is 27.5. The highest BCUT2D eigenvalue weighted by atomic mass is 79.9. The van der Waals surface area contributed by atoms with Crippen molar-refractivity contribution in [2.45, 2.75) is 76.2 Å². The van der Waals surface area contributed by atoms with E-state index in [2.05, 4.69) is 33.1 Å². The Kier molecular flexibility index (Phi) is 9.12. The number of carbonyl (C=O) groups excluding carboxylic acids is 2. The molecule has 3 aliphatic heterocycles. The summed E-state index contributed by atoms with van der Waals surface area (Å²) in [5, 5.41) is 3.07. The number of likely N-dealkylation sites (tertiary alicyclic amines) is 1. The van der Waals surface area contributed by atoms with Gasteiger partial charge in [0.15, 0.2) is 0 Å². The third-order valence-corrected chi connectivity index (χ3v) is 10.7. The van der Waals surface area contributed by atoms with E-state index in [1.54, 1.807) is 11.0 Å². The molecule has 3 heterocycles. The van der Waals surface area contributed by atoms with Crippen molar-refractivity contribution in [3.05, 3.63) is 22.2 Å². The normalized spacial score (nSPS) is 23.5. The van der Waals surface area contributed by atoms with Gasteiger partial charge in [0.05, 0.1) is 10.8 Å². The lowest BCUT2D eigenvalue weighted by atomic mass is 9.98. The van der Waals surface area contributed by atoms with Crippen molar-refractivity contribution in [3.63, 3.8) is 0 Å². The molecule has 0 unspecified atom stereocenters. The molecule has 2 fully saturated rings. The largest absolute Gasteiger partial charge is 0.355 e. The van der Waals surface area contributed by atoms with Gasteiger partial charge in [0.1, 0.15) is 0 Å². The average Bonchev–Trinajstić information content (AvgIpc) is 3.30. The number of rotatable bonds is 8. The summed E-state index contributed by atoms with van der Waals surface area (Å²) in [5.74, 6) is -0.431. The minimum absolute atomic E-state index is 0.0102. The van der Waals surface area contributed by atoms with Crippen LogP contribution in [0.4, 0.5) is 5.69 Å². The van der Waals surface area contributed by atoms with E-state index < -0.39 is 10.0 Å². The summed E-state index contributed by atoms with van der Waals surface area (Å²) in [7, 11) is -3.82.